The molecule has 0 spiro atoms. The molecule has 0 radical (unpaired) electrons. The third kappa shape index (κ3) is 5.17. The van der Waals surface area contributed by atoms with E-state index in [4.69, 9.17) is 14.5 Å². The number of halogens is 2. The normalized spacial score (nSPS) is 11.3. The standard InChI is InChI=1S/C17H19Br2O4P/c1-10(2)13-9-12(3-4-16(13)20)23-17-14(18)7-11(8-15(17)19)5-6-24(21)22/h3-4,7-10,20-22H,5-6H2,1-2H3. The maximum atomic E-state index is 9.91. The first kappa shape index (κ1) is 19.7. The van der Waals surface area contributed by atoms with Gasteiger partial charge in [0.25, 0.3) is 0 Å². The van der Waals surface area contributed by atoms with E-state index in [0.29, 0.717) is 24.1 Å². The van der Waals surface area contributed by atoms with Crippen molar-refractivity contribution < 1.29 is 19.6 Å². The third-order valence-electron chi connectivity index (χ3n) is 3.50. The molecule has 0 unspecified atom stereocenters. The van der Waals surface area contributed by atoms with Crippen molar-refractivity contribution in [3.63, 3.8) is 0 Å². The van der Waals surface area contributed by atoms with Gasteiger partial charge in [0.2, 0.25) is 0 Å². The second-order valence-corrected chi connectivity index (χ2v) is 8.61. The molecular weight excluding hydrogens is 459 g/mol. The van der Waals surface area contributed by atoms with Gasteiger partial charge in [0, 0.05) is 11.7 Å². The minimum atomic E-state index is -1.89. The van der Waals surface area contributed by atoms with Crippen LogP contribution in [0.15, 0.2) is 39.3 Å². The van der Waals surface area contributed by atoms with Crippen molar-refractivity contribution in [1.29, 1.82) is 0 Å². The number of hydrogen-bond acceptors (Lipinski definition) is 4. The van der Waals surface area contributed by atoms with Crippen molar-refractivity contribution >= 4 is 40.2 Å². The fourth-order valence-corrected chi connectivity index (χ4v) is 4.16. The van der Waals surface area contributed by atoms with Crippen LogP contribution in [0, 0.1) is 0 Å². The average molecular weight is 478 g/mol. The molecule has 2 rings (SSSR count). The zero-order chi connectivity index (χ0) is 17.9. The van der Waals surface area contributed by atoms with Gasteiger partial charge in [-0.05, 0) is 80.1 Å². The van der Waals surface area contributed by atoms with E-state index in [1.54, 1.807) is 12.1 Å². The average Bonchev–Trinajstić information content (AvgIpc) is 2.50. The minimum Gasteiger partial charge on any atom is -0.508 e. The van der Waals surface area contributed by atoms with Gasteiger partial charge in [-0.25, -0.2) is 0 Å². The second kappa shape index (κ2) is 8.63. The zero-order valence-corrected chi connectivity index (χ0v) is 17.4. The number of aromatic hydroxyl groups is 1. The lowest BCUT2D eigenvalue weighted by molar-refractivity contribution is 0.453. The molecule has 0 amide bonds. The maximum Gasteiger partial charge on any atom is 0.165 e. The van der Waals surface area contributed by atoms with Gasteiger partial charge in [-0.1, -0.05) is 13.8 Å². The van der Waals surface area contributed by atoms with Crippen molar-refractivity contribution in [3.05, 3.63) is 50.4 Å². The fraction of sp³-hybridized carbons (Fsp3) is 0.294. The molecule has 2 aromatic rings. The third-order valence-corrected chi connectivity index (χ3v) is 5.30. The number of rotatable bonds is 6. The predicted octanol–water partition coefficient (Wildman–Crippen LogP) is 5.67. The Labute approximate surface area is 159 Å². The summed E-state index contributed by atoms with van der Waals surface area (Å²) in [7, 11) is -1.89. The Morgan fingerprint density at radius 3 is 2.25 bits per heavy atom. The van der Waals surface area contributed by atoms with E-state index < -0.39 is 8.38 Å². The molecule has 7 heteroatoms. The van der Waals surface area contributed by atoms with Crippen LogP contribution in [-0.2, 0) is 6.42 Å². The van der Waals surface area contributed by atoms with Gasteiger partial charge in [-0.15, -0.1) is 0 Å². The number of phenols is 1. The lowest BCUT2D eigenvalue weighted by Crippen LogP contribution is -1.95. The molecule has 0 aliphatic rings. The summed E-state index contributed by atoms with van der Waals surface area (Å²) < 4.78 is 7.51. The molecular formula is C17H19Br2O4P. The molecule has 3 N–H and O–H groups in total. The van der Waals surface area contributed by atoms with Crippen LogP contribution in [0.1, 0.15) is 30.9 Å². The van der Waals surface area contributed by atoms with Crippen LogP contribution in [0.3, 0.4) is 0 Å². The Morgan fingerprint density at radius 1 is 1.08 bits per heavy atom. The largest absolute Gasteiger partial charge is 0.508 e. The summed E-state index contributed by atoms with van der Waals surface area (Å²) in [6.07, 6.45) is 0.914. The van der Waals surface area contributed by atoms with Gasteiger partial charge in [-0.2, -0.15) is 0 Å². The molecule has 24 heavy (non-hydrogen) atoms. The molecule has 0 heterocycles. The molecule has 0 atom stereocenters. The topological polar surface area (TPSA) is 69.9 Å². The summed E-state index contributed by atoms with van der Waals surface area (Å²) >= 11 is 7.00. The van der Waals surface area contributed by atoms with E-state index in [-0.39, 0.29) is 11.7 Å². The zero-order valence-electron chi connectivity index (χ0n) is 13.3. The molecule has 130 valence electrons. The van der Waals surface area contributed by atoms with E-state index in [1.807, 2.05) is 32.0 Å². The summed E-state index contributed by atoms with van der Waals surface area (Å²) in [4.78, 5) is 18.1. The highest BCUT2D eigenvalue weighted by Gasteiger charge is 2.13. The maximum absolute atomic E-state index is 9.91. The molecule has 0 aromatic heterocycles. The molecule has 2 aromatic carbocycles. The summed E-state index contributed by atoms with van der Waals surface area (Å²) in [5.74, 6) is 1.72. The Hall–Kier alpha value is -0.650. The van der Waals surface area contributed by atoms with Crippen molar-refractivity contribution in [3.8, 4) is 17.2 Å². The van der Waals surface area contributed by atoms with Gasteiger partial charge < -0.3 is 19.6 Å². The van der Waals surface area contributed by atoms with E-state index in [0.717, 1.165) is 20.1 Å². The molecule has 4 nitrogen and oxygen atoms in total. The van der Waals surface area contributed by atoms with Crippen molar-refractivity contribution in [1.82, 2.24) is 0 Å². The predicted molar refractivity (Wildman–Crippen MR) is 104 cm³/mol. The number of ether oxygens (including phenoxy) is 1. The molecule has 0 saturated heterocycles. The Kier molecular flexibility index (Phi) is 7.08. The molecule has 0 fully saturated rings. The molecule has 0 aliphatic carbocycles. The summed E-state index contributed by atoms with van der Waals surface area (Å²) in [5.41, 5.74) is 1.81. The van der Waals surface area contributed by atoms with Crippen LogP contribution >= 0.6 is 40.2 Å². The molecule has 0 aliphatic heterocycles. The molecule has 0 saturated carbocycles. The van der Waals surface area contributed by atoms with Gasteiger partial charge in [-0.3, -0.25) is 0 Å². The lowest BCUT2D eigenvalue weighted by Gasteiger charge is -2.15. The smallest absolute Gasteiger partial charge is 0.165 e. The number of aryl methyl sites for hydroxylation is 1. The first-order chi connectivity index (χ1) is 11.3. The van der Waals surface area contributed by atoms with Crippen LogP contribution in [-0.4, -0.2) is 21.1 Å². The van der Waals surface area contributed by atoms with Crippen molar-refractivity contribution in [2.75, 3.05) is 6.16 Å². The van der Waals surface area contributed by atoms with Crippen LogP contribution < -0.4 is 4.74 Å². The van der Waals surface area contributed by atoms with Gasteiger partial charge in [0.15, 0.2) is 14.1 Å². The van der Waals surface area contributed by atoms with Gasteiger partial charge >= 0.3 is 0 Å². The van der Waals surface area contributed by atoms with Gasteiger partial charge in [0.05, 0.1) is 8.95 Å². The minimum absolute atomic E-state index is 0.190. The van der Waals surface area contributed by atoms with Gasteiger partial charge in [0.1, 0.15) is 11.5 Å². The highest BCUT2D eigenvalue weighted by atomic mass is 79.9. The van der Waals surface area contributed by atoms with Crippen molar-refractivity contribution in [2.45, 2.75) is 26.2 Å². The highest BCUT2D eigenvalue weighted by Crippen LogP contribution is 2.40. The van der Waals surface area contributed by atoms with E-state index in [1.165, 1.54) is 0 Å². The van der Waals surface area contributed by atoms with Crippen LogP contribution in [0.25, 0.3) is 0 Å². The van der Waals surface area contributed by atoms with Crippen LogP contribution in [0.2, 0.25) is 0 Å². The van der Waals surface area contributed by atoms with Crippen LogP contribution in [0.5, 0.6) is 17.2 Å². The SMILES string of the molecule is CC(C)c1cc(Oc2c(Br)cc(CCP(O)O)cc2Br)ccc1O. The first-order valence-electron chi connectivity index (χ1n) is 7.42. The lowest BCUT2D eigenvalue weighted by atomic mass is 10.0. The Bertz CT molecular complexity index is 697. The number of benzene rings is 2. The first-order valence-corrected chi connectivity index (χ1v) is 10.4. The van der Waals surface area contributed by atoms with E-state index in [2.05, 4.69) is 31.9 Å². The fourth-order valence-electron chi connectivity index (χ4n) is 2.26. The quantitative estimate of drug-likeness (QED) is 0.468. The molecule has 0 bridgehead atoms. The summed E-state index contributed by atoms with van der Waals surface area (Å²) in [6.45, 7) is 4.02. The summed E-state index contributed by atoms with van der Waals surface area (Å²) in [6, 6.07) is 8.99. The second-order valence-electron chi connectivity index (χ2n) is 5.71. The van der Waals surface area contributed by atoms with Crippen molar-refractivity contribution in [2.24, 2.45) is 0 Å². The monoisotopic (exact) mass is 476 g/mol. The number of phenolic OH excluding ortho intramolecular Hbond substituents is 1. The van der Waals surface area contributed by atoms with E-state index >= 15 is 0 Å². The Balaban J connectivity index is 2.25. The number of hydrogen-bond donors (Lipinski definition) is 3. The van der Waals surface area contributed by atoms with E-state index in [9.17, 15) is 5.11 Å². The summed E-state index contributed by atoms with van der Waals surface area (Å²) in [5, 5.41) is 9.91. The Morgan fingerprint density at radius 2 is 1.71 bits per heavy atom. The highest BCUT2D eigenvalue weighted by molar-refractivity contribution is 9.11. The van der Waals surface area contributed by atoms with Crippen LogP contribution in [0.4, 0.5) is 0 Å².